The van der Waals surface area contributed by atoms with Crippen LogP contribution in [0.15, 0.2) is 47.4 Å². The van der Waals surface area contributed by atoms with Crippen LogP contribution >= 0.6 is 24.0 Å². The van der Waals surface area contributed by atoms with Crippen molar-refractivity contribution in [3.05, 3.63) is 53.6 Å². The van der Waals surface area contributed by atoms with Gasteiger partial charge in [-0.15, -0.1) is 11.8 Å². The van der Waals surface area contributed by atoms with E-state index in [4.69, 9.17) is 17.5 Å². The van der Waals surface area contributed by atoms with Crippen molar-refractivity contribution < 1.29 is 18.3 Å². The molecule has 1 saturated carbocycles. The van der Waals surface area contributed by atoms with E-state index in [2.05, 4.69) is 0 Å². The van der Waals surface area contributed by atoms with Gasteiger partial charge in [0.15, 0.2) is 11.3 Å². The Kier molecular flexibility index (Phi) is 5.21. The minimum Gasteiger partial charge on any atom is -0.371 e. The van der Waals surface area contributed by atoms with Crippen LogP contribution in [0, 0.1) is 11.3 Å². The zero-order chi connectivity index (χ0) is 21.7. The Morgan fingerprint density at radius 1 is 1.17 bits per heavy atom. The monoisotopic (exact) mass is 449 g/mol. The first-order chi connectivity index (χ1) is 14.2. The molecule has 1 spiro atoms. The predicted molar refractivity (Wildman–Crippen MR) is 115 cm³/mol. The Labute approximate surface area is 181 Å². The maximum absolute atomic E-state index is 13.5. The number of thiocarbonyl (C=S) groups is 1. The molecule has 2 fully saturated rings. The lowest BCUT2D eigenvalue weighted by Gasteiger charge is -2.46. The average molecular weight is 450 g/mol. The Hall–Kier alpha value is -2.28. The van der Waals surface area contributed by atoms with Crippen LogP contribution in [0.2, 0.25) is 0 Å². The minimum absolute atomic E-state index is 0.119. The maximum Gasteiger partial charge on any atom is 0.417 e. The standard InChI is InChI=1S/C21H18F3N3OS2/c1-30-16-7-5-14(6-8-16)27-19(29)26(18(28)20(27)9-2-10-20)15-4-3-13(12-25)17(11-15)21(22,23)24/h3-8,11,18,28H,2,9-10H2,1H3. The Balaban J connectivity index is 1.79. The molecule has 2 aromatic carbocycles. The SMILES string of the molecule is CSc1ccc(N2C(=S)N(c3ccc(C#N)c(C(F)(F)F)c3)C(O)C23CCC3)cc1. The Bertz CT molecular complexity index is 1030. The summed E-state index contributed by atoms with van der Waals surface area (Å²) in [4.78, 5) is 4.31. The molecule has 0 bridgehead atoms. The summed E-state index contributed by atoms with van der Waals surface area (Å²) < 4.78 is 40.4. The van der Waals surface area contributed by atoms with Crippen molar-refractivity contribution in [1.82, 2.24) is 0 Å². The van der Waals surface area contributed by atoms with E-state index in [1.807, 2.05) is 35.4 Å². The summed E-state index contributed by atoms with van der Waals surface area (Å²) in [5.41, 5.74) is -1.27. The summed E-state index contributed by atoms with van der Waals surface area (Å²) >= 11 is 7.25. The number of halogens is 3. The van der Waals surface area contributed by atoms with Gasteiger partial charge in [0.2, 0.25) is 0 Å². The van der Waals surface area contributed by atoms with Gasteiger partial charge in [-0.25, -0.2) is 0 Å². The number of hydrogen-bond donors (Lipinski definition) is 1. The van der Waals surface area contributed by atoms with Gasteiger partial charge in [-0.1, -0.05) is 0 Å². The summed E-state index contributed by atoms with van der Waals surface area (Å²) in [7, 11) is 0. The molecule has 1 aliphatic heterocycles. The third kappa shape index (κ3) is 3.14. The van der Waals surface area contributed by atoms with Crippen molar-refractivity contribution in [2.75, 3.05) is 16.1 Å². The maximum atomic E-state index is 13.5. The van der Waals surface area contributed by atoms with Crippen LogP contribution in [0.3, 0.4) is 0 Å². The van der Waals surface area contributed by atoms with Crippen molar-refractivity contribution in [3.63, 3.8) is 0 Å². The highest BCUT2D eigenvalue weighted by atomic mass is 32.2. The van der Waals surface area contributed by atoms with E-state index in [1.165, 1.54) is 11.0 Å². The smallest absolute Gasteiger partial charge is 0.371 e. The molecule has 30 heavy (non-hydrogen) atoms. The third-order valence-corrected chi connectivity index (χ3v) is 6.95. The largest absolute Gasteiger partial charge is 0.417 e. The summed E-state index contributed by atoms with van der Waals surface area (Å²) in [5, 5.41) is 20.5. The molecule has 4 rings (SSSR count). The molecule has 0 amide bonds. The lowest BCUT2D eigenvalue weighted by Crippen LogP contribution is -2.57. The van der Waals surface area contributed by atoms with Gasteiger partial charge >= 0.3 is 6.18 Å². The van der Waals surface area contributed by atoms with Crippen LogP contribution in [0.4, 0.5) is 24.5 Å². The van der Waals surface area contributed by atoms with Gasteiger partial charge in [0, 0.05) is 16.3 Å². The van der Waals surface area contributed by atoms with Crippen molar-refractivity contribution in [3.8, 4) is 6.07 Å². The first kappa shape index (κ1) is 21.0. The third-order valence-electron chi connectivity index (χ3n) is 5.83. The zero-order valence-corrected chi connectivity index (χ0v) is 17.6. The van der Waals surface area contributed by atoms with Crippen LogP contribution in [0.5, 0.6) is 0 Å². The number of nitrogens with zero attached hydrogens (tertiary/aromatic N) is 3. The van der Waals surface area contributed by atoms with Gasteiger partial charge in [0.25, 0.3) is 0 Å². The Morgan fingerprint density at radius 2 is 1.80 bits per heavy atom. The Morgan fingerprint density at radius 3 is 2.30 bits per heavy atom. The van der Waals surface area contributed by atoms with Crippen LogP contribution in [0.25, 0.3) is 0 Å². The van der Waals surface area contributed by atoms with Crippen LogP contribution in [-0.4, -0.2) is 28.2 Å². The quantitative estimate of drug-likeness (QED) is 0.517. The van der Waals surface area contributed by atoms with Gasteiger partial charge in [-0.3, -0.25) is 4.90 Å². The fourth-order valence-electron chi connectivity index (χ4n) is 4.14. The normalized spacial score (nSPS) is 20.4. The lowest BCUT2D eigenvalue weighted by molar-refractivity contribution is -0.137. The molecule has 1 heterocycles. The topological polar surface area (TPSA) is 50.5 Å². The zero-order valence-electron chi connectivity index (χ0n) is 16.0. The fraction of sp³-hybridized carbons (Fsp3) is 0.333. The molecule has 4 nitrogen and oxygen atoms in total. The summed E-state index contributed by atoms with van der Waals surface area (Å²) in [6, 6.07) is 12.7. The number of hydrogen-bond acceptors (Lipinski definition) is 4. The molecule has 0 radical (unpaired) electrons. The van der Waals surface area contributed by atoms with Crippen molar-refractivity contribution >= 4 is 40.5 Å². The van der Waals surface area contributed by atoms with E-state index < -0.39 is 29.1 Å². The highest BCUT2D eigenvalue weighted by Gasteiger charge is 2.59. The van der Waals surface area contributed by atoms with E-state index >= 15 is 0 Å². The van der Waals surface area contributed by atoms with Crippen LogP contribution < -0.4 is 9.80 Å². The molecule has 2 aliphatic rings. The molecular weight excluding hydrogens is 431 g/mol. The van der Waals surface area contributed by atoms with Crippen molar-refractivity contribution in [1.29, 1.82) is 5.26 Å². The molecule has 1 aliphatic carbocycles. The molecule has 1 saturated heterocycles. The number of aliphatic hydroxyl groups is 1. The van der Waals surface area contributed by atoms with Crippen LogP contribution in [-0.2, 0) is 6.18 Å². The lowest BCUT2D eigenvalue weighted by atomic mass is 9.74. The van der Waals surface area contributed by atoms with E-state index in [0.717, 1.165) is 29.1 Å². The number of anilines is 2. The molecule has 1 atom stereocenters. The molecular formula is C21H18F3N3OS2. The van der Waals surface area contributed by atoms with Gasteiger partial charge in [0.1, 0.15) is 0 Å². The molecule has 2 aromatic rings. The van der Waals surface area contributed by atoms with Crippen molar-refractivity contribution in [2.24, 2.45) is 0 Å². The van der Waals surface area contributed by atoms with Gasteiger partial charge < -0.3 is 10.0 Å². The molecule has 1 unspecified atom stereocenters. The number of alkyl halides is 3. The molecule has 9 heteroatoms. The van der Waals surface area contributed by atoms with E-state index in [-0.39, 0.29) is 10.8 Å². The number of nitriles is 1. The predicted octanol–water partition coefficient (Wildman–Crippen LogP) is 5.15. The second-order valence-electron chi connectivity index (χ2n) is 7.36. The second kappa shape index (κ2) is 7.45. The van der Waals surface area contributed by atoms with E-state index in [0.29, 0.717) is 12.8 Å². The second-order valence-corrected chi connectivity index (χ2v) is 8.60. The van der Waals surface area contributed by atoms with E-state index in [9.17, 15) is 18.3 Å². The first-order valence-electron chi connectivity index (χ1n) is 9.30. The van der Waals surface area contributed by atoms with Gasteiger partial charge in [0.05, 0.1) is 22.7 Å². The molecule has 156 valence electrons. The van der Waals surface area contributed by atoms with Crippen LogP contribution in [0.1, 0.15) is 30.4 Å². The number of thioether (sulfide) groups is 1. The fourth-order valence-corrected chi connectivity index (χ4v) is 5.04. The molecule has 0 aromatic heterocycles. The first-order valence-corrected chi connectivity index (χ1v) is 10.9. The number of rotatable bonds is 3. The number of aliphatic hydroxyl groups excluding tert-OH is 1. The summed E-state index contributed by atoms with van der Waals surface area (Å²) in [6.07, 6.45) is -1.55. The number of benzene rings is 2. The van der Waals surface area contributed by atoms with Gasteiger partial charge in [-0.05, 0) is 80.2 Å². The van der Waals surface area contributed by atoms with Crippen molar-refractivity contribution in [2.45, 2.75) is 42.1 Å². The van der Waals surface area contributed by atoms with E-state index in [1.54, 1.807) is 17.8 Å². The molecule has 1 N–H and O–H groups in total. The minimum atomic E-state index is -4.69. The average Bonchev–Trinajstić information content (AvgIpc) is 2.93. The summed E-state index contributed by atoms with van der Waals surface area (Å²) in [5.74, 6) is 0. The summed E-state index contributed by atoms with van der Waals surface area (Å²) in [6.45, 7) is 0. The van der Waals surface area contributed by atoms with Gasteiger partial charge in [-0.2, -0.15) is 18.4 Å². The highest BCUT2D eigenvalue weighted by molar-refractivity contribution is 7.98. The highest BCUT2D eigenvalue weighted by Crippen LogP contribution is 2.50.